The highest BCUT2D eigenvalue weighted by Gasteiger charge is 2.27. The average molecular weight is 321 g/mol. The second kappa shape index (κ2) is 6.50. The van der Waals surface area contributed by atoms with E-state index in [0.29, 0.717) is 18.7 Å². The molecule has 2 N–H and O–H groups in total. The van der Waals surface area contributed by atoms with E-state index in [1.807, 2.05) is 13.1 Å². The summed E-state index contributed by atoms with van der Waals surface area (Å²) in [5, 5.41) is 0. The van der Waals surface area contributed by atoms with Crippen LogP contribution in [0.2, 0.25) is 0 Å². The second-order valence-electron chi connectivity index (χ2n) is 5.97. The van der Waals surface area contributed by atoms with E-state index < -0.39 is 0 Å². The van der Waals surface area contributed by atoms with Crippen LogP contribution in [0.4, 0.5) is 0 Å². The number of nitrogens with zero attached hydrogens (tertiary/aromatic N) is 2. The zero-order chi connectivity index (χ0) is 15.7. The normalized spacial score (nSPS) is 23.2. The molecule has 0 amide bonds. The first-order chi connectivity index (χ1) is 10.6. The van der Waals surface area contributed by atoms with Gasteiger partial charge in [0.25, 0.3) is 0 Å². The minimum absolute atomic E-state index is 0.0906. The molecular weight excluding hydrogens is 298 g/mol. The van der Waals surface area contributed by atoms with Crippen LogP contribution in [-0.2, 0) is 18.3 Å². The molecule has 120 valence electrons. The quantitative estimate of drug-likeness (QED) is 0.928. The monoisotopic (exact) mass is 321 g/mol. The Bertz CT molecular complexity index is 709. The van der Waals surface area contributed by atoms with Gasteiger partial charge in [0.1, 0.15) is 0 Å². The number of rotatable bonds is 4. The molecule has 1 aliphatic rings. The lowest BCUT2D eigenvalue weighted by Crippen LogP contribution is -2.47. The molecule has 0 saturated carbocycles. The first-order valence-corrected chi connectivity index (χ1v) is 8.49. The van der Waals surface area contributed by atoms with Crippen molar-refractivity contribution >= 4 is 21.6 Å². The molecule has 3 rings (SSSR count). The van der Waals surface area contributed by atoms with Gasteiger partial charge < -0.3 is 15.0 Å². The predicted octanol–water partition coefficient (Wildman–Crippen LogP) is 1.54. The third kappa shape index (κ3) is 2.96. The van der Waals surface area contributed by atoms with Crippen molar-refractivity contribution in [2.45, 2.75) is 31.5 Å². The Kier molecular flexibility index (Phi) is 4.63. The van der Waals surface area contributed by atoms with Crippen molar-refractivity contribution in [1.82, 2.24) is 9.47 Å². The Balaban J connectivity index is 1.79. The molecule has 1 aromatic carbocycles. The van der Waals surface area contributed by atoms with Gasteiger partial charge in [-0.3, -0.25) is 9.69 Å². The first-order valence-electron chi connectivity index (χ1n) is 7.67. The van der Waals surface area contributed by atoms with Gasteiger partial charge >= 0.3 is 4.87 Å². The summed E-state index contributed by atoms with van der Waals surface area (Å²) in [7, 11) is 3.60. The van der Waals surface area contributed by atoms with Gasteiger partial charge in [0.05, 0.1) is 16.3 Å². The number of hydrogen-bond donors (Lipinski definition) is 1. The zero-order valence-corrected chi connectivity index (χ0v) is 13.9. The van der Waals surface area contributed by atoms with E-state index in [4.69, 9.17) is 10.5 Å². The van der Waals surface area contributed by atoms with Gasteiger partial charge in [0.15, 0.2) is 0 Å². The SMILES string of the molecule is COC1CCN(Cc2ccc3c(c2)sc(=O)n3C)C(CN)C1. The van der Waals surface area contributed by atoms with E-state index in [9.17, 15) is 4.79 Å². The van der Waals surface area contributed by atoms with E-state index in [0.717, 1.165) is 36.1 Å². The van der Waals surface area contributed by atoms with Crippen LogP contribution in [0.25, 0.3) is 10.2 Å². The number of ether oxygens (including phenoxy) is 1. The van der Waals surface area contributed by atoms with Crippen molar-refractivity contribution in [2.24, 2.45) is 12.8 Å². The number of fused-ring (bicyclic) bond motifs is 1. The van der Waals surface area contributed by atoms with Gasteiger partial charge in [-0.05, 0) is 30.5 Å². The van der Waals surface area contributed by atoms with Crippen LogP contribution >= 0.6 is 11.3 Å². The van der Waals surface area contributed by atoms with Gasteiger partial charge in [-0.2, -0.15) is 0 Å². The summed E-state index contributed by atoms with van der Waals surface area (Å²) in [6.45, 7) is 2.54. The highest BCUT2D eigenvalue weighted by Crippen LogP contribution is 2.24. The van der Waals surface area contributed by atoms with Crippen molar-refractivity contribution < 1.29 is 4.74 Å². The van der Waals surface area contributed by atoms with Gasteiger partial charge in [-0.1, -0.05) is 17.4 Å². The number of aryl methyl sites for hydroxylation is 1. The number of hydrogen-bond acceptors (Lipinski definition) is 5. The Labute approximate surface area is 134 Å². The second-order valence-corrected chi connectivity index (χ2v) is 6.96. The molecule has 2 aromatic rings. The van der Waals surface area contributed by atoms with Crippen molar-refractivity contribution in [3.05, 3.63) is 33.4 Å². The van der Waals surface area contributed by atoms with Gasteiger partial charge in [0, 0.05) is 39.8 Å². The van der Waals surface area contributed by atoms with Crippen molar-refractivity contribution in [1.29, 1.82) is 0 Å². The summed E-state index contributed by atoms with van der Waals surface area (Å²) >= 11 is 1.31. The maximum Gasteiger partial charge on any atom is 0.307 e. The molecule has 0 bridgehead atoms. The molecular formula is C16H23N3O2S. The largest absolute Gasteiger partial charge is 0.381 e. The van der Waals surface area contributed by atoms with Crippen LogP contribution in [0.1, 0.15) is 18.4 Å². The van der Waals surface area contributed by atoms with Crippen LogP contribution in [0.5, 0.6) is 0 Å². The van der Waals surface area contributed by atoms with Crippen LogP contribution in [-0.4, -0.2) is 41.8 Å². The Morgan fingerprint density at radius 1 is 1.45 bits per heavy atom. The van der Waals surface area contributed by atoms with E-state index in [1.54, 1.807) is 11.7 Å². The standard InChI is InChI=1S/C16H23N3O2S/c1-18-14-4-3-11(7-15(14)22-16(18)20)10-19-6-5-13(21-2)8-12(19)9-17/h3-4,7,12-13H,5-6,8-10,17H2,1-2H3. The average Bonchev–Trinajstić information content (AvgIpc) is 2.82. The lowest BCUT2D eigenvalue weighted by Gasteiger charge is -2.38. The fourth-order valence-corrected chi connectivity index (χ4v) is 4.18. The number of thiazole rings is 1. The molecule has 2 atom stereocenters. The third-order valence-corrected chi connectivity index (χ3v) is 5.63. The molecule has 0 spiro atoms. The summed E-state index contributed by atoms with van der Waals surface area (Å²) in [6.07, 6.45) is 2.37. The Morgan fingerprint density at radius 2 is 2.27 bits per heavy atom. The van der Waals surface area contributed by atoms with Crippen LogP contribution in [0.3, 0.4) is 0 Å². The number of piperidine rings is 1. The maximum absolute atomic E-state index is 11.7. The molecule has 1 saturated heterocycles. The van der Waals surface area contributed by atoms with E-state index in [1.165, 1.54) is 16.9 Å². The van der Waals surface area contributed by atoms with Crippen LogP contribution < -0.4 is 10.6 Å². The topological polar surface area (TPSA) is 60.5 Å². The molecule has 0 radical (unpaired) electrons. The van der Waals surface area contributed by atoms with Crippen molar-refractivity contribution in [3.8, 4) is 0 Å². The zero-order valence-electron chi connectivity index (χ0n) is 13.1. The summed E-state index contributed by atoms with van der Waals surface area (Å²) in [5.41, 5.74) is 8.18. The fourth-order valence-electron chi connectivity index (χ4n) is 3.24. The lowest BCUT2D eigenvalue weighted by molar-refractivity contribution is 0.0102. The summed E-state index contributed by atoms with van der Waals surface area (Å²) < 4.78 is 8.24. The maximum atomic E-state index is 11.7. The van der Waals surface area contributed by atoms with E-state index in [-0.39, 0.29) is 4.87 Å². The number of benzene rings is 1. The Morgan fingerprint density at radius 3 is 3.00 bits per heavy atom. The number of likely N-dealkylation sites (tertiary alicyclic amines) is 1. The lowest BCUT2D eigenvalue weighted by atomic mass is 9.98. The predicted molar refractivity (Wildman–Crippen MR) is 90.3 cm³/mol. The molecule has 1 fully saturated rings. The number of methoxy groups -OCH3 is 1. The van der Waals surface area contributed by atoms with E-state index in [2.05, 4.69) is 17.0 Å². The highest BCUT2D eigenvalue weighted by molar-refractivity contribution is 7.16. The smallest absolute Gasteiger partial charge is 0.307 e. The Hall–Kier alpha value is -1.21. The van der Waals surface area contributed by atoms with Crippen LogP contribution in [0.15, 0.2) is 23.0 Å². The fraction of sp³-hybridized carbons (Fsp3) is 0.562. The first kappa shape index (κ1) is 15.7. The molecule has 6 heteroatoms. The van der Waals surface area contributed by atoms with Crippen molar-refractivity contribution in [3.63, 3.8) is 0 Å². The van der Waals surface area contributed by atoms with Gasteiger partial charge in [0.2, 0.25) is 0 Å². The minimum atomic E-state index is 0.0906. The van der Waals surface area contributed by atoms with Gasteiger partial charge in [-0.25, -0.2) is 0 Å². The summed E-state index contributed by atoms with van der Waals surface area (Å²) in [5.74, 6) is 0. The van der Waals surface area contributed by atoms with Crippen LogP contribution in [0, 0.1) is 0 Å². The highest BCUT2D eigenvalue weighted by atomic mass is 32.1. The molecule has 22 heavy (non-hydrogen) atoms. The number of nitrogens with two attached hydrogens (primary N) is 1. The molecule has 2 heterocycles. The summed E-state index contributed by atoms with van der Waals surface area (Å²) in [4.78, 5) is 14.3. The van der Waals surface area contributed by atoms with Gasteiger partial charge in [-0.15, -0.1) is 0 Å². The van der Waals surface area contributed by atoms with Crippen molar-refractivity contribution in [2.75, 3.05) is 20.2 Å². The third-order valence-electron chi connectivity index (χ3n) is 4.64. The minimum Gasteiger partial charge on any atom is -0.381 e. The molecule has 1 aliphatic heterocycles. The number of aromatic nitrogens is 1. The molecule has 0 aliphatic carbocycles. The summed E-state index contributed by atoms with van der Waals surface area (Å²) in [6, 6.07) is 6.66. The molecule has 2 unspecified atom stereocenters. The van der Waals surface area contributed by atoms with E-state index >= 15 is 0 Å². The molecule has 1 aromatic heterocycles. The molecule has 5 nitrogen and oxygen atoms in total.